The van der Waals surface area contributed by atoms with Crippen LogP contribution in [0.15, 0.2) is 24.4 Å². The number of hydrogen-bond acceptors (Lipinski definition) is 4. The van der Waals surface area contributed by atoms with Crippen molar-refractivity contribution in [1.29, 1.82) is 0 Å². The molecule has 1 atom stereocenters. The molecule has 3 rings (SSSR count). The molecule has 1 aliphatic rings. The molecular weight excluding hydrogens is 380 g/mol. The van der Waals surface area contributed by atoms with Crippen LogP contribution in [0.4, 0.5) is 0 Å². The Kier molecular flexibility index (Phi) is 10.3. The summed E-state index contributed by atoms with van der Waals surface area (Å²) < 4.78 is 0. The molecule has 1 aromatic heterocycles. The number of aryl methyl sites for hydroxylation is 1. The van der Waals surface area contributed by atoms with Gasteiger partial charge in [-0.05, 0) is 50.1 Å². The van der Waals surface area contributed by atoms with Gasteiger partial charge in [-0.2, -0.15) is 0 Å². The summed E-state index contributed by atoms with van der Waals surface area (Å²) in [7, 11) is 3.10. The van der Waals surface area contributed by atoms with E-state index in [9.17, 15) is 14.4 Å². The summed E-state index contributed by atoms with van der Waals surface area (Å²) in [6.07, 6.45) is 5.59. The summed E-state index contributed by atoms with van der Waals surface area (Å²) in [5.74, 6) is 0.0611. The van der Waals surface area contributed by atoms with Crippen LogP contribution in [-0.4, -0.2) is 54.7 Å². The first-order valence-corrected chi connectivity index (χ1v) is 9.60. The van der Waals surface area contributed by atoms with Crippen molar-refractivity contribution in [1.82, 2.24) is 15.2 Å². The highest BCUT2D eigenvalue weighted by Crippen LogP contribution is 2.24. The molecule has 4 N–H and O–H groups in total. The fourth-order valence-corrected chi connectivity index (χ4v) is 3.16. The fraction of sp³-hybridized carbons (Fsp3) is 0.450. The molecule has 1 fully saturated rings. The van der Waals surface area contributed by atoms with Crippen molar-refractivity contribution < 1.29 is 14.4 Å². The summed E-state index contributed by atoms with van der Waals surface area (Å²) in [5.41, 5.74) is 6.61. The van der Waals surface area contributed by atoms with Gasteiger partial charge in [-0.3, -0.25) is 9.59 Å². The second-order valence-corrected chi connectivity index (χ2v) is 6.68. The number of nitrogens with one attached hydrogen (secondary N) is 2. The smallest absolute Gasteiger partial charge is 0.223 e. The van der Waals surface area contributed by atoms with Crippen molar-refractivity contribution in [2.75, 3.05) is 20.6 Å². The molecule has 0 radical (unpaired) electrons. The lowest BCUT2D eigenvalue weighted by atomic mass is 10.1. The van der Waals surface area contributed by atoms with Crippen LogP contribution >= 0.6 is 11.6 Å². The number of nitrogens with two attached hydrogens (primary N) is 1. The third-order valence-corrected chi connectivity index (χ3v) is 4.70. The van der Waals surface area contributed by atoms with Crippen LogP contribution in [0.25, 0.3) is 10.9 Å². The predicted octanol–water partition coefficient (Wildman–Crippen LogP) is 2.27. The van der Waals surface area contributed by atoms with Crippen molar-refractivity contribution in [2.45, 2.75) is 38.6 Å². The molecule has 7 nitrogen and oxygen atoms in total. The minimum atomic E-state index is -0.227. The maximum absolute atomic E-state index is 12.2. The SMILES string of the molecule is CN.CNC(C)=O.O=C[C@@H]1CCCN1C(=O)CCc1c[nH]c2ccc(Cl)cc12. The van der Waals surface area contributed by atoms with E-state index >= 15 is 0 Å². The van der Waals surface area contributed by atoms with Crippen LogP contribution in [0, 0.1) is 0 Å². The van der Waals surface area contributed by atoms with Crippen molar-refractivity contribution in [3.63, 3.8) is 0 Å². The second kappa shape index (κ2) is 12.2. The number of carbonyl (C=O) groups excluding carboxylic acids is 3. The lowest BCUT2D eigenvalue weighted by molar-refractivity contribution is -0.134. The standard InChI is InChI=1S/C16H17ClN2O2.C3H7NO.CH5N/c17-12-4-5-15-14(8-12)11(9-18-15)3-6-16(21)19-7-1-2-13(19)10-20;1-3(5)4-2;1-2/h4-5,8-10,13,18H,1-3,6-7H2;1-2H3,(H,4,5);2H2,1H3/t13-;;/m0../s1. The largest absolute Gasteiger partial charge is 0.361 e. The summed E-state index contributed by atoms with van der Waals surface area (Å²) in [5, 5.41) is 4.14. The number of likely N-dealkylation sites (tertiary alicyclic amines) is 1. The minimum absolute atomic E-state index is 0.00463. The molecule has 2 aromatic rings. The zero-order valence-electron chi connectivity index (χ0n) is 16.6. The number of H-pyrrole nitrogens is 1. The van der Waals surface area contributed by atoms with Crippen molar-refractivity contribution in [2.24, 2.45) is 5.73 Å². The van der Waals surface area contributed by atoms with E-state index in [0.29, 0.717) is 24.4 Å². The second-order valence-electron chi connectivity index (χ2n) is 6.24. The van der Waals surface area contributed by atoms with Gasteiger partial charge in [0.15, 0.2) is 0 Å². The first-order valence-electron chi connectivity index (χ1n) is 9.22. The number of nitrogens with zero attached hydrogens (tertiary/aromatic N) is 1. The summed E-state index contributed by atoms with van der Waals surface area (Å²) in [6.45, 7) is 2.17. The summed E-state index contributed by atoms with van der Waals surface area (Å²) in [4.78, 5) is 37.8. The number of aldehydes is 1. The molecule has 0 saturated carbocycles. The first kappa shape index (κ1) is 23.7. The Morgan fingerprint density at radius 1 is 1.39 bits per heavy atom. The molecule has 1 aliphatic heterocycles. The van der Waals surface area contributed by atoms with Gasteiger partial charge in [0.2, 0.25) is 11.8 Å². The number of benzene rings is 1. The number of aromatic nitrogens is 1. The molecule has 0 unspecified atom stereocenters. The molecule has 0 aliphatic carbocycles. The van der Waals surface area contributed by atoms with Crippen molar-refractivity contribution >= 4 is 40.6 Å². The van der Waals surface area contributed by atoms with Crippen LogP contribution in [0.1, 0.15) is 31.7 Å². The average molecular weight is 409 g/mol. The van der Waals surface area contributed by atoms with Crippen LogP contribution in [0.5, 0.6) is 0 Å². The highest BCUT2D eigenvalue weighted by atomic mass is 35.5. The number of rotatable bonds is 4. The Bertz CT molecular complexity index is 791. The molecule has 8 heteroatoms. The molecule has 2 heterocycles. The highest BCUT2D eigenvalue weighted by molar-refractivity contribution is 6.31. The normalized spacial score (nSPS) is 15.2. The Morgan fingerprint density at radius 2 is 2.07 bits per heavy atom. The number of carbonyl (C=O) groups is 3. The minimum Gasteiger partial charge on any atom is -0.361 e. The Hall–Kier alpha value is -2.38. The topological polar surface area (TPSA) is 108 Å². The summed E-state index contributed by atoms with van der Waals surface area (Å²) in [6, 6.07) is 5.46. The first-order chi connectivity index (χ1) is 13.5. The summed E-state index contributed by atoms with van der Waals surface area (Å²) >= 11 is 6.02. The fourth-order valence-electron chi connectivity index (χ4n) is 2.99. The van der Waals surface area contributed by atoms with Gasteiger partial charge >= 0.3 is 0 Å². The molecule has 1 aromatic carbocycles. The van der Waals surface area contributed by atoms with Crippen LogP contribution in [-0.2, 0) is 20.8 Å². The van der Waals surface area contributed by atoms with Crippen LogP contribution < -0.4 is 11.1 Å². The molecule has 28 heavy (non-hydrogen) atoms. The number of halogens is 1. The number of aromatic amines is 1. The van der Waals surface area contributed by atoms with Crippen LogP contribution in [0.3, 0.4) is 0 Å². The predicted molar refractivity (Wildman–Crippen MR) is 112 cm³/mol. The number of hydrogen-bond donors (Lipinski definition) is 3. The van der Waals surface area contributed by atoms with Crippen LogP contribution in [0.2, 0.25) is 5.02 Å². The zero-order chi connectivity index (χ0) is 21.1. The van der Waals surface area contributed by atoms with Crippen molar-refractivity contribution in [3.05, 3.63) is 35.0 Å². The third kappa shape index (κ3) is 6.65. The van der Waals surface area contributed by atoms with E-state index in [0.717, 1.165) is 35.6 Å². The average Bonchev–Trinajstić information content (AvgIpc) is 3.34. The number of fused-ring (bicyclic) bond motifs is 1. The lowest BCUT2D eigenvalue weighted by Gasteiger charge is -2.20. The Labute approximate surface area is 170 Å². The van der Waals surface area contributed by atoms with E-state index < -0.39 is 0 Å². The van der Waals surface area contributed by atoms with Gasteiger partial charge in [-0.1, -0.05) is 11.6 Å². The highest BCUT2D eigenvalue weighted by Gasteiger charge is 2.27. The van der Waals surface area contributed by atoms with E-state index in [-0.39, 0.29) is 17.9 Å². The van der Waals surface area contributed by atoms with Gasteiger partial charge in [0, 0.05) is 49.1 Å². The maximum Gasteiger partial charge on any atom is 0.223 e. The van der Waals surface area contributed by atoms with E-state index in [1.165, 1.54) is 14.0 Å². The molecule has 154 valence electrons. The number of amides is 2. The molecule has 0 bridgehead atoms. The third-order valence-electron chi connectivity index (χ3n) is 4.47. The maximum atomic E-state index is 12.2. The lowest BCUT2D eigenvalue weighted by Crippen LogP contribution is -2.36. The van der Waals surface area contributed by atoms with E-state index in [4.69, 9.17) is 11.6 Å². The molecule has 2 amide bonds. The van der Waals surface area contributed by atoms with Gasteiger partial charge in [0.1, 0.15) is 6.29 Å². The molecule has 1 saturated heterocycles. The quantitative estimate of drug-likeness (QED) is 0.674. The van der Waals surface area contributed by atoms with Gasteiger partial charge < -0.3 is 25.7 Å². The monoisotopic (exact) mass is 408 g/mol. The van der Waals surface area contributed by atoms with Crippen molar-refractivity contribution in [3.8, 4) is 0 Å². The molecular formula is C20H29ClN4O3. The Balaban J connectivity index is 0.000000490. The van der Waals surface area contributed by atoms with Gasteiger partial charge in [0.25, 0.3) is 0 Å². The van der Waals surface area contributed by atoms with Gasteiger partial charge in [-0.25, -0.2) is 0 Å². The molecule has 0 spiro atoms. The van der Waals surface area contributed by atoms with E-state index in [1.54, 1.807) is 11.9 Å². The van der Waals surface area contributed by atoms with Gasteiger partial charge in [-0.15, -0.1) is 0 Å². The zero-order valence-corrected chi connectivity index (χ0v) is 17.4. The van der Waals surface area contributed by atoms with Gasteiger partial charge in [0.05, 0.1) is 6.04 Å². The van der Waals surface area contributed by atoms with E-state index in [1.807, 2.05) is 24.4 Å². The Morgan fingerprint density at radius 3 is 2.68 bits per heavy atom. The van der Waals surface area contributed by atoms with E-state index in [2.05, 4.69) is 16.0 Å².